The number of rotatable bonds is 5. The molecule has 2 heterocycles. The van der Waals surface area contributed by atoms with Gasteiger partial charge in [-0.05, 0) is 55.7 Å². The molecular formula is C22H24ClN3O4S. The van der Waals surface area contributed by atoms with Crippen LogP contribution in [0.2, 0.25) is 5.02 Å². The summed E-state index contributed by atoms with van der Waals surface area (Å²) in [6.45, 7) is 1.61. The molecule has 31 heavy (non-hydrogen) atoms. The summed E-state index contributed by atoms with van der Waals surface area (Å²) in [6.07, 6.45) is 4.00. The molecule has 2 aliphatic rings. The molecule has 2 aromatic carbocycles. The van der Waals surface area contributed by atoms with Crippen molar-refractivity contribution >= 4 is 44.8 Å². The molecule has 0 aromatic heterocycles. The Labute approximate surface area is 187 Å². The van der Waals surface area contributed by atoms with Gasteiger partial charge in [0.15, 0.2) is 0 Å². The number of carbonyl (C=O) groups excluding carboxylic acids is 2. The predicted octanol–water partition coefficient (Wildman–Crippen LogP) is 3.89. The van der Waals surface area contributed by atoms with Gasteiger partial charge >= 0.3 is 0 Å². The van der Waals surface area contributed by atoms with E-state index in [1.165, 1.54) is 22.5 Å². The number of anilines is 2. The van der Waals surface area contributed by atoms with Crippen LogP contribution in [-0.4, -0.2) is 44.2 Å². The Hall–Kier alpha value is -2.42. The van der Waals surface area contributed by atoms with Gasteiger partial charge < -0.3 is 10.2 Å². The maximum Gasteiger partial charge on any atom is 0.257 e. The van der Waals surface area contributed by atoms with Gasteiger partial charge in [0.05, 0.1) is 15.5 Å². The number of benzene rings is 2. The molecule has 1 N–H and O–H groups in total. The topological polar surface area (TPSA) is 86.8 Å². The van der Waals surface area contributed by atoms with E-state index in [0.717, 1.165) is 25.7 Å². The van der Waals surface area contributed by atoms with Crippen LogP contribution < -0.4 is 10.2 Å². The van der Waals surface area contributed by atoms with E-state index in [1.807, 2.05) is 6.07 Å². The lowest BCUT2D eigenvalue weighted by molar-refractivity contribution is -0.117. The van der Waals surface area contributed by atoms with Crippen LogP contribution in [0, 0.1) is 0 Å². The van der Waals surface area contributed by atoms with Crippen LogP contribution in [0.1, 0.15) is 42.5 Å². The maximum atomic E-state index is 13.0. The maximum absolute atomic E-state index is 13.0. The minimum absolute atomic E-state index is 0.0559. The van der Waals surface area contributed by atoms with Crippen molar-refractivity contribution in [1.29, 1.82) is 0 Å². The third kappa shape index (κ3) is 4.61. The van der Waals surface area contributed by atoms with Gasteiger partial charge in [-0.2, -0.15) is 4.31 Å². The Morgan fingerprint density at radius 3 is 2.45 bits per heavy atom. The number of nitrogens with zero attached hydrogens (tertiary/aromatic N) is 2. The van der Waals surface area contributed by atoms with Gasteiger partial charge in [0, 0.05) is 37.4 Å². The molecule has 9 heteroatoms. The number of nitrogens with one attached hydrogen (secondary N) is 1. The first-order valence-electron chi connectivity index (χ1n) is 10.4. The number of sulfonamides is 1. The van der Waals surface area contributed by atoms with Crippen LogP contribution in [0.15, 0.2) is 47.4 Å². The molecule has 0 radical (unpaired) electrons. The molecule has 0 unspecified atom stereocenters. The van der Waals surface area contributed by atoms with Gasteiger partial charge in [0.25, 0.3) is 5.91 Å². The number of piperidine rings is 1. The zero-order valence-electron chi connectivity index (χ0n) is 17.0. The number of hydrogen-bond donors (Lipinski definition) is 1. The van der Waals surface area contributed by atoms with Crippen LogP contribution in [-0.2, 0) is 14.8 Å². The molecule has 0 bridgehead atoms. The van der Waals surface area contributed by atoms with Crippen molar-refractivity contribution in [2.75, 3.05) is 29.9 Å². The molecule has 2 amide bonds. The van der Waals surface area contributed by atoms with Crippen LogP contribution in [0.5, 0.6) is 0 Å². The monoisotopic (exact) mass is 461 g/mol. The molecule has 2 saturated heterocycles. The first-order valence-corrected chi connectivity index (χ1v) is 12.2. The number of hydrogen-bond acceptors (Lipinski definition) is 4. The summed E-state index contributed by atoms with van der Waals surface area (Å²) < 4.78 is 27.4. The minimum atomic E-state index is -3.68. The van der Waals surface area contributed by atoms with Crippen LogP contribution >= 0.6 is 11.6 Å². The third-order valence-corrected chi connectivity index (χ3v) is 7.85. The molecule has 2 fully saturated rings. The summed E-state index contributed by atoms with van der Waals surface area (Å²) in [5, 5.41) is 2.93. The normalized spacial score (nSPS) is 17.7. The van der Waals surface area contributed by atoms with E-state index in [9.17, 15) is 18.0 Å². The van der Waals surface area contributed by atoms with Gasteiger partial charge in [0.1, 0.15) is 0 Å². The molecule has 4 rings (SSSR count). The lowest BCUT2D eigenvalue weighted by atomic mass is 10.2. The van der Waals surface area contributed by atoms with E-state index in [-0.39, 0.29) is 21.4 Å². The molecule has 2 aliphatic heterocycles. The van der Waals surface area contributed by atoms with Crippen molar-refractivity contribution in [2.45, 2.75) is 37.0 Å². The van der Waals surface area contributed by atoms with Crippen molar-refractivity contribution in [1.82, 2.24) is 4.31 Å². The van der Waals surface area contributed by atoms with Gasteiger partial charge in [-0.1, -0.05) is 24.1 Å². The highest BCUT2D eigenvalue weighted by Crippen LogP contribution is 2.27. The molecular weight excluding hydrogens is 438 g/mol. The van der Waals surface area contributed by atoms with Crippen molar-refractivity contribution in [3.8, 4) is 0 Å². The van der Waals surface area contributed by atoms with Crippen molar-refractivity contribution in [3.05, 3.63) is 53.1 Å². The van der Waals surface area contributed by atoms with Gasteiger partial charge in [-0.3, -0.25) is 9.59 Å². The zero-order chi connectivity index (χ0) is 22.0. The second-order valence-electron chi connectivity index (χ2n) is 7.76. The Morgan fingerprint density at radius 1 is 0.968 bits per heavy atom. The standard InChI is InChI=1S/C22H24ClN3O4S/c23-20-10-9-18(31(29,30)25-11-2-1-3-12-25)15-19(20)22(28)24-16-6-4-7-17(14-16)26-13-5-8-21(26)27/h4,6-7,9-10,14-15H,1-3,5,8,11-13H2,(H,24,28). The Kier molecular flexibility index (Phi) is 6.31. The average Bonchev–Trinajstić information content (AvgIpc) is 3.20. The largest absolute Gasteiger partial charge is 0.322 e. The lowest BCUT2D eigenvalue weighted by Gasteiger charge is -2.26. The Bertz CT molecular complexity index is 1110. The van der Waals surface area contributed by atoms with Gasteiger partial charge in [-0.15, -0.1) is 0 Å². The molecule has 7 nitrogen and oxygen atoms in total. The average molecular weight is 462 g/mol. The van der Waals surface area contributed by atoms with Crippen LogP contribution in [0.25, 0.3) is 0 Å². The second kappa shape index (κ2) is 8.98. The molecule has 0 atom stereocenters. The summed E-state index contributed by atoms with van der Waals surface area (Å²) in [5.74, 6) is -0.451. The lowest BCUT2D eigenvalue weighted by Crippen LogP contribution is -2.35. The molecule has 0 saturated carbocycles. The van der Waals surface area contributed by atoms with Crippen molar-refractivity contribution < 1.29 is 18.0 Å². The summed E-state index contributed by atoms with van der Waals surface area (Å²) in [7, 11) is -3.68. The third-order valence-electron chi connectivity index (χ3n) is 5.62. The fourth-order valence-electron chi connectivity index (χ4n) is 3.96. The highest BCUT2D eigenvalue weighted by atomic mass is 35.5. The first kappa shape index (κ1) is 21.8. The summed E-state index contributed by atoms with van der Waals surface area (Å²) in [4.78, 5) is 26.6. The predicted molar refractivity (Wildman–Crippen MR) is 120 cm³/mol. The second-order valence-corrected chi connectivity index (χ2v) is 10.1. The van der Waals surface area contributed by atoms with E-state index in [0.29, 0.717) is 37.4 Å². The van der Waals surface area contributed by atoms with Crippen molar-refractivity contribution in [2.24, 2.45) is 0 Å². The number of halogens is 1. The quantitative estimate of drug-likeness (QED) is 0.731. The van der Waals surface area contributed by atoms with Gasteiger partial charge in [0.2, 0.25) is 15.9 Å². The number of carbonyl (C=O) groups is 2. The number of amides is 2. The van der Waals surface area contributed by atoms with E-state index in [4.69, 9.17) is 11.6 Å². The Balaban J connectivity index is 1.56. The zero-order valence-corrected chi connectivity index (χ0v) is 18.6. The summed E-state index contributed by atoms with van der Waals surface area (Å²) in [6, 6.07) is 11.2. The van der Waals surface area contributed by atoms with Crippen molar-refractivity contribution in [3.63, 3.8) is 0 Å². The van der Waals surface area contributed by atoms with Crippen LogP contribution in [0.4, 0.5) is 11.4 Å². The fourth-order valence-corrected chi connectivity index (χ4v) is 5.71. The molecule has 0 aliphatic carbocycles. The molecule has 2 aromatic rings. The van der Waals surface area contributed by atoms with E-state index in [1.54, 1.807) is 23.1 Å². The van der Waals surface area contributed by atoms with E-state index >= 15 is 0 Å². The Morgan fingerprint density at radius 2 is 1.74 bits per heavy atom. The SMILES string of the molecule is O=C(Nc1cccc(N2CCCC2=O)c1)c1cc(S(=O)(=O)N2CCCCC2)ccc1Cl. The van der Waals surface area contributed by atoms with Gasteiger partial charge in [-0.25, -0.2) is 8.42 Å². The molecule has 0 spiro atoms. The summed E-state index contributed by atoms with van der Waals surface area (Å²) >= 11 is 6.23. The first-order chi connectivity index (χ1) is 14.9. The smallest absolute Gasteiger partial charge is 0.257 e. The van der Waals surface area contributed by atoms with E-state index in [2.05, 4.69) is 5.32 Å². The minimum Gasteiger partial charge on any atom is -0.322 e. The van der Waals surface area contributed by atoms with E-state index < -0.39 is 15.9 Å². The molecule has 164 valence electrons. The fraction of sp³-hybridized carbons (Fsp3) is 0.364. The highest BCUT2D eigenvalue weighted by Gasteiger charge is 2.27. The highest BCUT2D eigenvalue weighted by molar-refractivity contribution is 7.89. The van der Waals surface area contributed by atoms with Crippen LogP contribution in [0.3, 0.4) is 0 Å². The summed E-state index contributed by atoms with van der Waals surface area (Å²) in [5.41, 5.74) is 1.30.